The van der Waals surface area contributed by atoms with Crippen LogP contribution in [0.15, 0.2) is 90.0 Å². The van der Waals surface area contributed by atoms with Gasteiger partial charge in [-0.15, -0.1) is 0 Å². The molecule has 0 radical (unpaired) electrons. The van der Waals surface area contributed by atoms with Crippen molar-refractivity contribution in [3.8, 4) is 6.07 Å². The highest BCUT2D eigenvalue weighted by molar-refractivity contribution is 6.13. The van der Waals surface area contributed by atoms with Crippen molar-refractivity contribution in [1.29, 1.82) is 5.26 Å². The Bertz CT molecular complexity index is 805. The second-order valence-corrected chi connectivity index (χ2v) is 4.96. The van der Waals surface area contributed by atoms with Gasteiger partial charge in [-0.2, -0.15) is 10.4 Å². The highest BCUT2D eigenvalue weighted by atomic mass is 15.3. The summed E-state index contributed by atoms with van der Waals surface area (Å²) in [6.45, 7) is 0. The van der Waals surface area contributed by atoms with Crippen molar-refractivity contribution in [1.82, 2.24) is 0 Å². The number of nitrogens with one attached hydrogen (secondary N) is 1. The van der Waals surface area contributed by atoms with E-state index in [0.29, 0.717) is 11.3 Å². The summed E-state index contributed by atoms with van der Waals surface area (Å²) >= 11 is 0. The van der Waals surface area contributed by atoms with Gasteiger partial charge < -0.3 is 0 Å². The molecule has 110 valence electrons. The van der Waals surface area contributed by atoms with E-state index in [1.54, 1.807) is 6.07 Å². The lowest BCUT2D eigenvalue weighted by Gasteiger charge is -2.09. The van der Waals surface area contributed by atoms with Crippen LogP contribution in [0.25, 0.3) is 0 Å². The molecule has 23 heavy (non-hydrogen) atoms. The first-order valence-corrected chi connectivity index (χ1v) is 7.32. The van der Waals surface area contributed by atoms with Crippen LogP contribution in [0.3, 0.4) is 0 Å². The van der Waals surface area contributed by atoms with Crippen LogP contribution in [0.1, 0.15) is 16.7 Å². The fourth-order valence-corrected chi connectivity index (χ4v) is 2.28. The van der Waals surface area contributed by atoms with Crippen LogP contribution in [0.4, 0.5) is 5.69 Å². The van der Waals surface area contributed by atoms with Gasteiger partial charge in [0.2, 0.25) is 0 Å². The summed E-state index contributed by atoms with van der Waals surface area (Å²) in [6, 6.07) is 29.4. The average molecular weight is 297 g/mol. The van der Waals surface area contributed by atoms with Gasteiger partial charge in [0.1, 0.15) is 6.07 Å². The molecule has 3 rings (SSSR count). The molecule has 0 heterocycles. The first-order valence-electron chi connectivity index (χ1n) is 7.32. The van der Waals surface area contributed by atoms with E-state index in [9.17, 15) is 5.26 Å². The Kier molecular flexibility index (Phi) is 4.47. The highest BCUT2D eigenvalue weighted by Gasteiger charge is 2.07. The first-order chi connectivity index (χ1) is 11.4. The molecular weight excluding hydrogens is 282 g/mol. The van der Waals surface area contributed by atoms with Crippen LogP contribution < -0.4 is 5.43 Å². The number of anilines is 1. The van der Waals surface area contributed by atoms with E-state index in [-0.39, 0.29) is 0 Å². The lowest BCUT2D eigenvalue weighted by Crippen LogP contribution is -2.06. The largest absolute Gasteiger partial charge is 0.277 e. The Morgan fingerprint density at radius 2 is 1.26 bits per heavy atom. The maximum atomic E-state index is 9.18. The Hall–Kier alpha value is -3.38. The average Bonchev–Trinajstić information content (AvgIpc) is 2.64. The van der Waals surface area contributed by atoms with E-state index in [1.807, 2.05) is 78.9 Å². The monoisotopic (exact) mass is 297 g/mol. The predicted molar refractivity (Wildman–Crippen MR) is 93.3 cm³/mol. The molecule has 3 heteroatoms. The van der Waals surface area contributed by atoms with Crippen molar-refractivity contribution < 1.29 is 0 Å². The number of para-hydroxylation sites is 1. The lowest BCUT2D eigenvalue weighted by molar-refractivity contribution is 1.31. The Morgan fingerprint density at radius 3 is 1.83 bits per heavy atom. The number of nitriles is 1. The molecule has 0 fully saturated rings. The zero-order chi connectivity index (χ0) is 15.9. The number of rotatable bonds is 4. The number of hydrogen-bond donors (Lipinski definition) is 1. The van der Waals surface area contributed by atoms with E-state index >= 15 is 0 Å². The van der Waals surface area contributed by atoms with Crippen LogP contribution in [0.2, 0.25) is 0 Å². The van der Waals surface area contributed by atoms with Crippen molar-refractivity contribution in [2.45, 2.75) is 0 Å². The van der Waals surface area contributed by atoms with Crippen molar-refractivity contribution in [2.75, 3.05) is 5.43 Å². The van der Waals surface area contributed by atoms with Crippen molar-refractivity contribution >= 4 is 11.4 Å². The minimum absolute atomic E-state index is 0.566. The summed E-state index contributed by atoms with van der Waals surface area (Å²) in [4.78, 5) is 0. The number of nitrogens with zero attached hydrogens (tertiary/aromatic N) is 2. The first kappa shape index (κ1) is 14.6. The van der Waals surface area contributed by atoms with Crippen LogP contribution in [0, 0.1) is 11.3 Å². The molecule has 0 aromatic heterocycles. The molecule has 0 spiro atoms. The van der Waals surface area contributed by atoms with Crippen molar-refractivity contribution in [3.05, 3.63) is 102 Å². The lowest BCUT2D eigenvalue weighted by atomic mass is 10.0. The molecule has 0 aliphatic rings. The highest BCUT2D eigenvalue weighted by Crippen LogP contribution is 2.16. The minimum atomic E-state index is 0.566. The summed E-state index contributed by atoms with van der Waals surface area (Å²) in [7, 11) is 0. The van der Waals surface area contributed by atoms with Gasteiger partial charge in [-0.3, -0.25) is 5.43 Å². The van der Waals surface area contributed by atoms with Gasteiger partial charge in [0.05, 0.1) is 17.0 Å². The SMILES string of the molecule is N#Cc1ccccc1NN=C(c1ccccc1)c1ccccc1. The quantitative estimate of drug-likeness (QED) is 0.572. The summed E-state index contributed by atoms with van der Waals surface area (Å²) < 4.78 is 0. The van der Waals surface area contributed by atoms with Gasteiger partial charge in [0, 0.05) is 11.1 Å². The van der Waals surface area contributed by atoms with Gasteiger partial charge in [0.25, 0.3) is 0 Å². The van der Waals surface area contributed by atoms with Gasteiger partial charge in [0.15, 0.2) is 0 Å². The molecule has 0 atom stereocenters. The summed E-state index contributed by atoms with van der Waals surface area (Å²) in [5.74, 6) is 0. The van der Waals surface area contributed by atoms with Crippen LogP contribution in [-0.4, -0.2) is 5.71 Å². The zero-order valence-electron chi connectivity index (χ0n) is 12.5. The van der Waals surface area contributed by atoms with E-state index in [1.165, 1.54) is 0 Å². The van der Waals surface area contributed by atoms with E-state index in [0.717, 1.165) is 16.8 Å². The third-order valence-electron chi connectivity index (χ3n) is 3.43. The minimum Gasteiger partial charge on any atom is -0.277 e. The zero-order valence-corrected chi connectivity index (χ0v) is 12.5. The van der Waals surface area contributed by atoms with Crippen molar-refractivity contribution in [3.63, 3.8) is 0 Å². The molecule has 3 aromatic rings. The fraction of sp³-hybridized carbons (Fsp3) is 0. The fourth-order valence-electron chi connectivity index (χ4n) is 2.28. The predicted octanol–water partition coefficient (Wildman–Crippen LogP) is 4.42. The maximum absolute atomic E-state index is 9.18. The molecule has 1 N–H and O–H groups in total. The van der Waals surface area contributed by atoms with Gasteiger partial charge in [-0.05, 0) is 12.1 Å². The molecule has 0 amide bonds. The molecule has 0 aliphatic heterocycles. The molecule has 3 aromatic carbocycles. The standard InChI is InChI=1S/C20H15N3/c21-15-18-13-7-8-14-19(18)22-23-20(16-9-3-1-4-10-16)17-11-5-2-6-12-17/h1-14,22H. The number of benzene rings is 3. The topological polar surface area (TPSA) is 48.2 Å². The second kappa shape index (κ2) is 7.06. The molecule has 0 aliphatic carbocycles. The van der Waals surface area contributed by atoms with E-state index in [4.69, 9.17) is 0 Å². The van der Waals surface area contributed by atoms with Gasteiger partial charge in [-0.25, -0.2) is 0 Å². The summed E-state index contributed by atoms with van der Waals surface area (Å²) in [6.07, 6.45) is 0. The normalized spacial score (nSPS) is 9.70. The second-order valence-electron chi connectivity index (χ2n) is 4.96. The number of hydrogen-bond acceptors (Lipinski definition) is 3. The summed E-state index contributed by atoms with van der Waals surface area (Å²) in [5, 5.41) is 13.7. The van der Waals surface area contributed by atoms with Gasteiger partial charge in [-0.1, -0.05) is 72.8 Å². The molecule has 3 nitrogen and oxygen atoms in total. The molecular formula is C20H15N3. The van der Waals surface area contributed by atoms with E-state index in [2.05, 4.69) is 16.6 Å². The smallest absolute Gasteiger partial charge is 0.101 e. The molecule has 0 bridgehead atoms. The summed E-state index contributed by atoms with van der Waals surface area (Å²) in [5.41, 5.74) is 7.15. The third kappa shape index (κ3) is 3.45. The van der Waals surface area contributed by atoms with Crippen LogP contribution in [0.5, 0.6) is 0 Å². The van der Waals surface area contributed by atoms with Crippen LogP contribution in [-0.2, 0) is 0 Å². The molecule has 0 unspecified atom stereocenters. The van der Waals surface area contributed by atoms with Gasteiger partial charge >= 0.3 is 0 Å². The Labute approximate surface area is 135 Å². The maximum Gasteiger partial charge on any atom is 0.101 e. The third-order valence-corrected chi connectivity index (χ3v) is 3.43. The molecule has 0 saturated carbocycles. The Balaban J connectivity index is 2.01. The van der Waals surface area contributed by atoms with E-state index < -0.39 is 0 Å². The van der Waals surface area contributed by atoms with Crippen molar-refractivity contribution in [2.24, 2.45) is 5.10 Å². The van der Waals surface area contributed by atoms with Crippen LogP contribution >= 0.6 is 0 Å². The number of hydrazone groups is 1. The molecule has 0 saturated heterocycles. The Morgan fingerprint density at radius 1 is 0.739 bits per heavy atom.